The quantitative estimate of drug-likeness (QED) is 0.0796. The van der Waals surface area contributed by atoms with Crippen molar-refractivity contribution in [1.82, 2.24) is 0 Å². The van der Waals surface area contributed by atoms with E-state index in [1.807, 2.05) is 24.3 Å². The van der Waals surface area contributed by atoms with E-state index in [1.165, 1.54) is 11.1 Å². The third-order valence-corrected chi connectivity index (χ3v) is 6.41. The molecule has 204 valence electrons. The second kappa shape index (κ2) is 20.5. The minimum atomic E-state index is 0.639. The molecule has 0 unspecified atom stereocenters. The molecule has 0 heterocycles. The number of aldehydes is 1. The molecule has 1 aromatic rings. The first-order valence-electron chi connectivity index (χ1n) is 13.6. The van der Waals surface area contributed by atoms with Crippen molar-refractivity contribution in [2.75, 3.05) is 14.2 Å². The van der Waals surface area contributed by atoms with Gasteiger partial charge in [-0.2, -0.15) is 10.5 Å². The zero-order valence-electron chi connectivity index (χ0n) is 23.7. The van der Waals surface area contributed by atoms with E-state index in [0.717, 1.165) is 105 Å². The summed E-state index contributed by atoms with van der Waals surface area (Å²) in [4.78, 5) is 10.4. The van der Waals surface area contributed by atoms with Gasteiger partial charge in [0.2, 0.25) is 0 Å². The maximum absolute atomic E-state index is 10.4. The van der Waals surface area contributed by atoms with Crippen molar-refractivity contribution >= 4 is 6.29 Å². The highest BCUT2D eigenvalue weighted by atomic mass is 16.5. The monoisotopic (exact) mass is 516 g/mol. The molecule has 0 bridgehead atoms. The molecular formula is C33H44N2O3. The number of methoxy groups -OCH3 is 2. The van der Waals surface area contributed by atoms with Gasteiger partial charge in [0, 0.05) is 23.6 Å². The second-order valence-corrected chi connectivity index (χ2v) is 9.57. The van der Waals surface area contributed by atoms with Crippen molar-refractivity contribution in [2.24, 2.45) is 0 Å². The number of hydrogen-bond donors (Lipinski definition) is 0. The summed E-state index contributed by atoms with van der Waals surface area (Å²) < 4.78 is 10.7. The molecule has 1 aromatic carbocycles. The van der Waals surface area contributed by atoms with E-state index in [2.05, 4.69) is 44.2 Å². The second-order valence-electron chi connectivity index (χ2n) is 9.57. The lowest BCUT2D eigenvalue weighted by Crippen LogP contribution is -1.91. The van der Waals surface area contributed by atoms with Crippen LogP contribution in [-0.2, 0) is 11.2 Å². The highest BCUT2D eigenvalue weighted by Gasteiger charge is 2.03. The Bertz CT molecular complexity index is 1040. The minimum absolute atomic E-state index is 0.639. The van der Waals surface area contributed by atoms with E-state index in [9.17, 15) is 15.3 Å². The maximum atomic E-state index is 10.4. The molecule has 0 atom stereocenters. The molecule has 5 heteroatoms. The molecule has 38 heavy (non-hydrogen) atoms. The first-order chi connectivity index (χ1) is 18.4. The Kier molecular flexibility index (Phi) is 17.5. The fourth-order valence-electron chi connectivity index (χ4n) is 4.09. The molecule has 0 N–H and O–H groups in total. The number of carbonyl (C=O) groups excluding carboxylic acids is 1. The van der Waals surface area contributed by atoms with Gasteiger partial charge in [0.15, 0.2) is 0 Å². The average Bonchev–Trinajstić information content (AvgIpc) is 2.93. The van der Waals surface area contributed by atoms with Gasteiger partial charge < -0.3 is 14.3 Å². The van der Waals surface area contributed by atoms with E-state index in [0.29, 0.717) is 6.42 Å². The number of aryl methyl sites for hydroxylation is 1. The SMILES string of the molecule is COc1cc(CC/C=C(\C#N)CCC=C(C)CC/C=C(\C#N)CCC=C(C)CCCCC=O)cc(OC)c1. The largest absolute Gasteiger partial charge is 0.497 e. The molecule has 0 aliphatic heterocycles. The predicted octanol–water partition coefficient (Wildman–Crippen LogP) is 8.53. The lowest BCUT2D eigenvalue weighted by Gasteiger charge is -2.07. The summed E-state index contributed by atoms with van der Waals surface area (Å²) in [7, 11) is 3.28. The molecule has 0 spiro atoms. The summed E-state index contributed by atoms with van der Waals surface area (Å²) in [6, 6.07) is 10.5. The van der Waals surface area contributed by atoms with Crippen LogP contribution in [0.25, 0.3) is 0 Å². The van der Waals surface area contributed by atoms with E-state index < -0.39 is 0 Å². The van der Waals surface area contributed by atoms with E-state index in [1.54, 1.807) is 14.2 Å². The van der Waals surface area contributed by atoms with Crippen LogP contribution in [0.5, 0.6) is 11.5 Å². The Balaban J connectivity index is 2.43. The summed E-state index contributed by atoms with van der Waals surface area (Å²) in [5, 5.41) is 19.0. The standard InChI is InChI=1S/C33H44N2O3/c1-27(12-6-5-7-21-36)13-8-16-29(25-34)17-9-14-28(2)15-10-18-30(26-35)19-11-20-31-22-32(37-3)24-33(23-31)38-4/h13,15,17,19,21-24H,5-12,14,16,18,20H2,1-4H3/b27-13?,28-15?,29-17-,30-19-. The molecule has 0 aromatic heterocycles. The number of ether oxygens (including phenoxy) is 2. The van der Waals surface area contributed by atoms with Gasteiger partial charge in [-0.3, -0.25) is 0 Å². The Morgan fingerprint density at radius 1 is 0.711 bits per heavy atom. The number of nitrogens with zero attached hydrogens (tertiary/aromatic N) is 2. The number of benzene rings is 1. The fraction of sp³-hybridized carbons (Fsp3) is 0.485. The molecular weight excluding hydrogens is 472 g/mol. The van der Waals surface area contributed by atoms with Crippen molar-refractivity contribution in [3.05, 3.63) is 70.4 Å². The van der Waals surface area contributed by atoms with E-state index in [4.69, 9.17) is 9.47 Å². The summed E-state index contributed by atoms with van der Waals surface area (Å²) in [6.45, 7) is 4.23. The zero-order valence-corrected chi connectivity index (χ0v) is 23.7. The van der Waals surface area contributed by atoms with Crippen LogP contribution in [0.4, 0.5) is 0 Å². The molecule has 1 rings (SSSR count). The van der Waals surface area contributed by atoms with Crippen molar-refractivity contribution in [1.29, 1.82) is 10.5 Å². The molecule has 0 aliphatic carbocycles. The van der Waals surface area contributed by atoms with E-state index in [-0.39, 0.29) is 0 Å². The summed E-state index contributed by atoms with van der Waals surface area (Å²) in [6.07, 6.45) is 19.7. The van der Waals surface area contributed by atoms with Gasteiger partial charge in [0.1, 0.15) is 17.8 Å². The highest BCUT2D eigenvalue weighted by Crippen LogP contribution is 2.23. The molecule has 0 saturated heterocycles. The third kappa shape index (κ3) is 14.9. The van der Waals surface area contributed by atoms with Gasteiger partial charge in [-0.25, -0.2) is 0 Å². The lowest BCUT2D eigenvalue weighted by atomic mass is 10.0. The van der Waals surface area contributed by atoms with Crippen LogP contribution in [0.15, 0.2) is 64.8 Å². The van der Waals surface area contributed by atoms with Gasteiger partial charge >= 0.3 is 0 Å². The highest BCUT2D eigenvalue weighted by molar-refractivity contribution is 5.48. The Hall–Kier alpha value is -3.57. The number of allylic oxidation sites excluding steroid dienone is 8. The van der Waals surface area contributed by atoms with Crippen molar-refractivity contribution in [2.45, 2.75) is 90.9 Å². The number of nitriles is 2. The van der Waals surface area contributed by atoms with Crippen LogP contribution in [0, 0.1) is 22.7 Å². The molecule has 0 saturated carbocycles. The van der Waals surface area contributed by atoms with Crippen molar-refractivity contribution in [3.63, 3.8) is 0 Å². The van der Waals surface area contributed by atoms with Crippen LogP contribution in [0.1, 0.15) is 90.0 Å². The van der Waals surface area contributed by atoms with Gasteiger partial charge in [-0.1, -0.05) is 35.5 Å². The molecule has 0 fully saturated rings. The maximum Gasteiger partial charge on any atom is 0.122 e. The minimum Gasteiger partial charge on any atom is -0.497 e. The van der Waals surface area contributed by atoms with Gasteiger partial charge in [-0.15, -0.1) is 0 Å². The topological polar surface area (TPSA) is 83.1 Å². The number of carbonyl (C=O) groups is 1. The van der Waals surface area contributed by atoms with Crippen molar-refractivity contribution in [3.8, 4) is 23.6 Å². The molecule has 0 aliphatic rings. The van der Waals surface area contributed by atoms with Crippen LogP contribution < -0.4 is 9.47 Å². The van der Waals surface area contributed by atoms with Gasteiger partial charge in [-0.05, 0) is 102 Å². The summed E-state index contributed by atoms with van der Waals surface area (Å²) in [5.74, 6) is 1.54. The van der Waals surface area contributed by atoms with Crippen LogP contribution in [0.3, 0.4) is 0 Å². The number of rotatable bonds is 19. The Labute approximate surface area is 230 Å². The molecule has 0 radical (unpaired) electrons. The van der Waals surface area contributed by atoms with Crippen LogP contribution in [-0.4, -0.2) is 20.5 Å². The van der Waals surface area contributed by atoms with E-state index >= 15 is 0 Å². The Morgan fingerprint density at radius 2 is 1.24 bits per heavy atom. The van der Waals surface area contributed by atoms with Gasteiger partial charge in [0.25, 0.3) is 0 Å². The summed E-state index contributed by atoms with van der Waals surface area (Å²) in [5.41, 5.74) is 5.38. The summed E-state index contributed by atoms with van der Waals surface area (Å²) >= 11 is 0. The average molecular weight is 517 g/mol. The van der Waals surface area contributed by atoms with Crippen molar-refractivity contribution < 1.29 is 14.3 Å². The first-order valence-corrected chi connectivity index (χ1v) is 13.6. The molecule has 5 nitrogen and oxygen atoms in total. The Morgan fingerprint density at radius 3 is 1.76 bits per heavy atom. The number of hydrogen-bond acceptors (Lipinski definition) is 5. The third-order valence-electron chi connectivity index (χ3n) is 6.41. The van der Waals surface area contributed by atoms with Crippen LogP contribution in [0.2, 0.25) is 0 Å². The molecule has 0 amide bonds. The fourth-order valence-corrected chi connectivity index (χ4v) is 4.09. The smallest absolute Gasteiger partial charge is 0.122 e. The predicted molar refractivity (Wildman–Crippen MR) is 155 cm³/mol. The van der Waals surface area contributed by atoms with Gasteiger partial charge in [0.05, 0.1) is 26.4 Å². The zero-order chi connectivity index (χ0) is 28.0. The lowest BCUT2D eigenvalue weighted by molar-refractivity contribution is -0.107. The first kappa shape index (κ1) is 32.5. The number of unbranched alkanes of at least 4 members (excludes halogenated alkanes) is 2. The normalized spacial score (nSPS) is 12.6. The van der Waals surface area contributed by atoms with Crippen LogP contribution >= 0.6 is 0 Å².